The summed E-state index contributed by atoms with van der Waals surface area (Å²) in [6.45, 7) is 8.03. The number of likely N-dealkylation sites (N-methyl/N-ethyl adjacent to an activating group) is 1. The summed E-state index contributed by atoms with van der Waals surface area (Å²) in [6.07, 6.45) is 3.32. The largest absolute Gasteiger partial charge is 0.388 e. The Labute approximate surface area is 104 Å². The van der Waals surface area contributed by atoms with E-state index in [4.69, 9.17) is 0 Å². The number of nitrogens with one attached hydrogen (secondary N) is 1. The standard InChI is InChI=1S/C13H26N2O2/c1-4-13(17,5-2)10-15-9-7-8-11(12(15)16)14-6-3/h11,14,17H,4-10H2,1-3H3. The van der Waals surface area contributed by atoms with Gasteiger partial charge >= 0.3 is 0 Å². The normalized spacial score (nSPS) is 22.0. The van der Waals surface area contributed by atoms with Gasteiger partial charge in [0.05, 0.1) is 11.6 Å². The predicted octanol–water partition coefficient (Wildman–Crippen LogP) is 1.14. The zero-order valence-electron chi connectivity index (χ0n) is 11.3. The quantitative estimate of drug-likeness (QED) is 0.734. The van der Waals surface area contributed by atoms with E-state index in [-0.39, 0.29) is 11.9 Å². The molecule has 1 atom stereocenters. The molecule has 100 valence electrons. The van der Waals surface area contributed by atoms with Gasteiger partial charge in [-0.25, -0.2) is 0 Å². The fourth-order valence-electron chi connectivity index (χ4n) is 2.36. The second-order valence-electron chi connectivity index (χ2n) is 4.94. The number of rotatable bonds is 6. The first-order chi connectivity index (χ1) is 8.06. The molecular weight excluding hydrogens is 216 g/mol. The van der Waals surface area contributed by atoms with Gasteiger partial charge in [-0.1, -0.05) is 20.8 Å². The van der Waals surface area contributed by atoms with E-state index < -0.39 is 5.60 Å². The lowest BCUT2D eigenvalue weighted by molar-refractivity contribution is -0.140. The van der Waals surface area contributed by atoms with Crippen molar-refractivity contribution in [2.45, 2.75) is 58.1 Å². The number of nitrogens with zero attached hydrogens (tertiary/aromatic N) is 1. The van der Waals surface area contributed by atoms with Gasteiger partial charge in [-0.05, 0) is 32.2 Å². The van der Waals surface area contributed by atoms with Crippen molar-refractivity contribution in [1.29, 1.82) is 0 Å². The number of carbonyl (C=O) groups excluding carboxylic acids is 1. The Balaban J connectivity index is 2.61. The summed E-state index contributed by atoms with van der Waals surface area (Å²) in [5.74, 6) is 0.151. The van der Waals surface area contributed by atoms with Gasteiger partial charge in [-0.3, -0.25) is 4.79 Å². The third kappa shape index (κ3) is 3.68. The van der Waals surface area contributed by atoms with Crippen molar-refractivity contribution >= 4 is 5.91 Å². The monoisotopic (exact) mass is 242 g/mol. The van der Waals surface area contributed by atoms with Crippen LogP contribution in [0.5, 0.6) is 0 Å². The average Bonchev–Trinajstić information content (AvgIpc) is 2.34. The second kappa shape index (κ2) is 6.36. The first-order valence-corrected chi connectivity index (χ1v) is 6.80. The van der Waals surface area contributed by atoms with Gasteiger partial charge < -0.3 is 15.3 Å². The fourth-order valence-corrected chi connectivity index (χ4v) is 2.36. The Hall–Kier alpha value is -0.610. The minimum absolute atomic E-state index is 0.0493. The summed E-state index contributed by atoms with van der Waals surface area (Å²) in [5.41, 5.74) is -0.718. The third-order valence-corrected chi connectivity index (χ3v) is 3.78. The van der Waals surface area contributed by atoms with Crippen LogP contribution < -0.4 is 5.32 Å². The summed E-state index contributed by atoms with van der Waals surface area (Å²) in [6, 6.07) is -0.0493. The molecule has 1 rings (SSSR count). The summed E-state index contributed by atoms with van der Waals surface area (Å²) in [5, 5.41) is 13.5. The van der Waals surface area contributed by atoms with Crippen LogP contribution >= 0.6 is 0 Å². The van der Waals surface area contributed by atoms with Crippen molar-refractivity contribution < 1.29 is 9.90 Å². The molecular formula is C13H26N2O2. The molecule has 1 aliphatic heterocycles. The van der Waals surface area contributed by atoms with Crippen molar-refractivity contribution in [2.24, 2.45) is 0 Å². The molecule has 1 saturated heterocycles. The van der Waals surface area contributed by atoms with Crippen molar-refractivity contribution in [1.82, 2.24) is 10.2 Å². The van der Waals surface area contributed by atoms with E-state index in [1.165, 1.54) is 0 Å². The van der Waals surface area contributed by atoms with E-state index in [1.807, 2.05) is 25.7 Å². The fraction of sp³-hybridized carbons (Fsp3) is 0.923. The maximum absolute atomic E-state index is 12.2. The highest BCUT2D eigenvalue weighted by molar-refractivity contribution is 5.82. The number of piperidine rings is 1. The van der Waals surface area contributed by atoms with Crippen LogP contribution in [0, 0.1) is 0 Å². The van der Waals surface area contributed by atoms with Crippen molar-refractivity contribution in [3.05, 3.63) is 0 Å². The first kappa shape index (κ1) is 14.5. The molecule has 2 N–H and O–H groups in total. The summed E-state index contributed by atoms with van der Waals surface area (Å²) in [7, 11) is 0. The maximum atomic E-state index is 12.2. The number of β-amino-alcohol motifs (C(OH)–C–C–N with tert-alkyl or cyclic N) is 1. The lowest BCUT2D eigenvalue weighted by Crippen LogP contribution is -2.54. The zero-order valence-corrected chi connectivity index (χ0v) is 11.3. The number of amides is 1. The van der Waals surface area contributed by atoms with Crippen molar-refractivity contribution in [2.75, 3.05) is 19.6 Å². The van der Waals surface area contributed by atoms with E-state index in [2.05, 4.69) is 5.32 Å². The second-order valence-corrected chi connectivity index (χ2v) is 4.94. The molecule has 1 heterocycles. The molecule has 0 saturated carbocycles. The molecule has 0 radical (unpaired) electrons. The summed E-state index contributed by atoms with van der Waals surface area (Å²) >= 11 is 0. The van der Waals surface area contributed by atoms with E-state index in [1.54, 1.807) is 0 Å². The molecule has 1 aliphatic rings. The lowest BCUT2D eigenvalue weighted by Gasteiger charge is -2.38. The number of likely N-dealkylation sites (tertiary alicyclic amines) is 1. The van der Waals surface area contributed by atoms with Crippen LogP contribution in [0.1, 0.15) is 46.5 Å². The zero-order chi connectivity index (χ0) is 12.9. The van der Waals surface area contributed by atoms with E-state index in [9.17, 15) is 9.90 Å². The molecule has 0 spiro atoms. The topological polar surface area (TPSA) is 52.6 Å². The molecule has 0 aromatic heterocycles. The van der Waals surface area contributed by atoms with Crippen LogP contribution in [0.2, 0.25) is 0 Å². The van der Waals surface area contributed by atoms with Gasteiger partial charge in [0.1, 0.15) is 0 Å². The van der Waals surface area contributed by atoms with Gasteiger partial charge in [0.25, 0.3) is 0 Å². The highest BCUT2D eigenvalue weighted by Gasteiger charge is 2.33. The Kier molecular flexibility index (Phi) is 5.40. The van der Waals surface area contributed by atoms with Crippen LogP contribution in [-0.2, 0) is 4.79 Å². The van der Waals surface area contributed by atoms with Crippen LogP contribution in [-0.4, -0.2) is 47.2 Å². The Morgan fingerprint density at radius 1 is 1.41 bits per heavy atom. The van der Waals surface area contributed by atoms with Crippen molar-refractivity contribution in [3.8, 4) is 0 Å². The number of carbonyl (C=O) groups is 1. The van der Waals surface area contributed by atoms with Gasteiger partial charge in [0.15, 0.2) is 0 Å². The minimum atomic E-state index is -0.718. The van der Waals surface area contributed by atoms with E-state index in [0.717, 1.165) is 25.9 Å². The van der Waals surface area contributed by atoms with Crippen LogP contribution in [0.3, 0.4) is 0 Å². The van der Waals surface area contributed by atoms with Crippen LogP contribution in [0.15, 0.2) is 0 Å². The number of aliphatic hydroxyl groups is 1. The van der Waals surface area contributed by atoms with Gasteiger partial charge in [0, 0.05) is 13.1 Å². The van der Waals surface area contributed by atoms with E-state index in [0.29, 0.717) is 19.4 Å². The van der Waals surface area contributed by atoms with Gasteiger partial charge in [-0.2, -0.15) is 0 Å². The molecule has 0 bridgehead atoms. The lowest BCUT2D eigenvalue weighted by atomic mass is 9.94. The van der Waals surface area contributed by atoms with Crippen LogP contribution in [0.4, 0.5) is 0 Å². The summed E-state index contributed by atoms with van der Waals surface area (Å²) < 4.78 is 0. The van der Waals surface area contributed by atoms with Gasteiger partial charge in [0.2, 0.25) is 5.91 Å². The Morgan fingerprint density at radius 2 is 2.06 bits per heavy atom. The molecule has 17 heavy (non-hydrogen) atoms. The van der Waals surface area contributed by atoms with Crippen molar-refractivity contribution in [3.63, 3.8) is 0 Å². The number of hydrogen-bond donors (Lipinski definition) is 2. The summed E-state index contributed by atoms with van der Waals surface area (Å²) in [4.78, 5) is 14.0. The highest BCUT2D eigenvalue weighted by atomic mass is 16.3. The molecule has 4 nitrogen and oxygen atoms in total. The predicted molar refractivity (Wildman–Crippen MR) is 68.8 cm³/mol. The number of hydrogen-bond acceptors (Lipinski definition) is 3. The Bertz CT molecular complexity index is 250. The maximum Gasteiger partial charge on any atom is 0.239 e. The van der Waals surface area contributed by atoms with Gasteiger partial charge in [-0.15, -0.1) is 0 Å². The highest BCUT2D eigenvalue weighted by Crippen LogP contribution is 2.20. The molecule has 0 aromatic carbocycles. The SMILES string of the molecule is CCNC1CCCN(CC(O)(CC)CC)C1=O. The molecule has 1 amide bonds. The smallest absolute Gasteiger partial charge is 0.239 e. The first-order valence-electron chi connectivity index (χ1n) is 6.80. The average molecular weight is 242 g/mol. The molecule has 0 aromatic rings. The minimum Gasteiger partial charge on any atom is -0.388 e. The molecule has 0 aliphatic carbocycles. The molecule has 1 unspecified atom stereocenters. The third-order valence-electron chi connectivity index (χ3n) is 3.78. The molecule has 4 heteroatoms. The Morgan fingerprint density at radius 3 is 2.59 bits per heavy atom. The van der Waals surface area contributed by atoms with Crippen LogP contribution in [0.25, 0.3) is 0 Å². The van der Waals surface area contributed by atoms with E-state index >= 15 is 0 Å². The molecule has 1 fully saturated rings.